The van der Waals surface area contributed by atoms with Crippen LogP contribution >= 0.6 is 15.9 Å². The van der Waals surface area contributed by atoms with Crippen LogP contribution in [0.5, 0.6) is 0 Å². The molecule has 1 aliphatic heterocycles. The maximum absolute atomic E-state index is 5.46. The van der Waals surface area contributed by atoms with Crippen LogP contribution in [0.2, 0.25) is 0 Å². The fraction of sp³-hybridized carbons (Fsp3) is 0.500. The van der Waals surface area contributed by atoms with E-state index >= 15 is 0 Å². The third-order valence-electron chi connectivity index (χ3n) is 2.44. The maximum Gasteiger partial charge on any atom is 0.126 e. The largest absolute Gasteiger partial charge is 0.376 e. The lowest BCUT2D eigenvalue weighted by Gasteiger charge is -2.16. The molecule has 1 saturated heterocycles. The standard InChI is InChI=1S/C10H13BrN2O/c1-7-9(4-5-14-7)13-10-3-2-8(11)6-12-10/h2-3,6-7,9H,4-5H2,1H3,(H,12,13). The molecular formula is C10H13BrN2O. The molecule has 2 rings (SSSR count). The Morgan fingerprint density at radius 3 is 3.00 bits per heavy atom. The third-order valence-corrected chi connectivity index (χ3v) is 2.91. The molecule has 0 amide bonds. The summed E-state index contributed by atoms with van der Waals surface area (Å²) < 4.78 is 6.46. The maximum atomic E-state index is 5.46. The van der Waals surface area contributed by atoms with Gasteiger partial charge in [-0.25, -0.2) is 4.98 Å². The van der Waals surface area contributed by atoms with E-state index in [4.69, 9.17) is 4.74 Å². The first-order chi connectivity index (χ1) is 6.75. The summed E-state index contributed by atoms with van der Waals surface area (Å²) in [5, 5.41) is 3.36. The first-order valence-corrected chi connectivity index (χ1v) is 5.55. The molecule has 1 fully saturated rings. The van der Waals surface area contributed by atoms with E-state index in [9.17, 15) is 0 Å². The van der Waals surface area contributed by atoms with E-state index in [1.165, 1.54) is 0 Å². The lowest BCUT2D eigenvalue weighted by atomic mass is 10.1. The minimum atomic E-state index is 0.278. The van der Waals surface area contributed by atoms with Crippen molar-refractivity contribution in [2.45, 2.75) is 25.5 Å². The minimum absolute atomic E-state index is 0.278. The van der Waals surface area contributed by atoms with Crippen molar-refractivity contribution in [3.63, 3.8) is 0 Å². The van der Waals surface area contributed by atoms with Crippen LogP contribution in [0.4, 0.5) is 5.82 Å². The van der Waals surface area contributed by atoms with Gasteiger partial charge in [-0.1, -0.05) is 0 Å². The Hall–Kier alpha value is -0.610. The summed E-state index contributed by atoms with van der Waals surface area (Å²) in [6.45, 7) is 2.93. The molecule has 2 heterocycles. The van der Waals surface area contributed by atoms with Gasteiger partial charge in [-0.3, -0.25) is 0 Å². The second-order valence-electron chi connectivity index (χ2n) is 3.48. The molecule has 1 aromatic rings. The lowest BCUT2D eigenvalue weighted by Crippen LogP contribution is -2.26. The molecule has 0 bridgehead atoms. The van der Waals surface area contributed by atoms with Crippen LogP contribution in [0.1, 0.15) is 13.3 Å². The highest BCUT2D eigenvalue weighted by molar-refractivity contribution is 9.10. The second kappa shape index (κ2) is 4.28. The molecule has 2 unspecified atom stereocenters. The Balaban J connectivity index is 2.00. The number of aromatic nitrogens is 1. The van der Waals surface area contributed by atoms with Crippen molar-refractivity contribution in [2.75, 3.05) is 11.9 Å². The van der Waals surface area contributed by atoms with Gasteiger partial charge in [0.1, 0.15) is 5.82 Å². The van der Waals surface area contributed by atoms with E-state index in [2.05, 4.69) is 33.2 Å². The molecule has 0 aromatic carbocycles. The third kappa shape index (κ3) is 2.25. The average molecular weight is 257 g/mol. The number of pyridine rings is 1. The van der Waals surface area contributed by atoms with Crippen molar-refractivity contribution in [3.05, 3.63) is 22.8 Å². The molecule has 0 saturated carbocycles. The van der Waals surface area contributed by atoms with Crippen molar-refractivity contribution >= 4 is 21.7 Å². The average Bonchev–Trinajstić information content (AvgIpc) is 2.56. The molecule has 0 spiro atoms. The van der Waals surface area contributed by atoms with Gasteiger partial charge >= 0.3 is 0 Å². The quantitative estimate of drug-likeness (QED) is 0.883. The van der Waals surface area contributed by atoms with Gasteiger partial charge in [-0.05, 0) is 41.4 Å². The molecule has 1 aliphatic rings. The lowest BCUT2D eigenvalue weighted by molar-refractivity contribution is 0.121. The Morgan fingerprint density at radius 2 is 2.43 bits per heavy atom. The van der Waals surface area contributed by atoms with E-state index in [0.717, 1.165) is 23.3 Å². The molecule has 76 valence electrons. The first kappa shape index (κ1) is 9.93. The Labute approximate surface area is 92.0 Å². The summed E-state index contributed by atoms with van der Waals surface area (Å²) in [4.78, 5) is 4.26. The molecule has 14 heavy (non-hydrogen) atoms. The number of anilines is 1. The number of hydrogen-bond acceptors (Lipinski definition) is 3. The Morgan fingerprint density at radius 1 is 1.57 bits per heavy atom. The van der Waals surface area contributed by atoms with Crippen LogP contribution in [-0.4, -0.2) is 23.7 Å². The van der Waals surface area contributed by atoms with E-state index in [0.29, 0.717) is 6.04 Å². The number of ether oxygens (including phenoxy) is 1. The predicted octanol–water partition coefficient (Wildman–Crippen LogP) is 2.43. The van der Waals surface area contributed by atoms with Crippen LogP contribution in [-0.2, 0) is 4.74 Å². The van der Waals surface area contributed by atoms with Gasteiger partial charge in [0.15, 0.2) is 0 Å². The van der Waals surface area contributed by atoms with E-state index in [1.807, 2.05) is 12.1 Å². The molecule has 0 aliphatic carbocycles. The van der Waals surface area contributed by atoms with Crippen molar-refractivity contribution in [1.82, 2.24) is 4.98 Å². The van der Waals surface area contributed by atoms with E-state index < -0.39 is 0 Å². The van der Waals surface area contributed by atoms with Crippen molar-refractivity contribution in [2.24, 2.45) is 0 Å². The summed E-state index contributed by atoms with van der Waals surface area (Å²) in [6, 6.07) is 4.34. The highest BCUT2D eigenvalue weighted by atomic mass is 79.9. The van der Waals surface area contributed by atoms with Crippen molar-refractivity contribution in [1.29, 1.82) is 0 Å². The zero-order valence-corrected chi connectivity index (χ0v) is 9.62. The molecule has 2 atom stereocenters. The van der Waals surface area contributed by atoms with Gasteiger partial charge in [0.2, 0.25) is 0 Å². The topological polar surface area (TPSA) is 34.1 Å². The molecule has 0 radical (unpaired) electrons. The summed E-state index contributed by atoms with van der Waals surface area (Å²) >= 11 is 3.36. The molecular weight excluding hydrogens is 244 g/mol. The fourth-order valence-electron chi connectivity index (χ4n) is 1.57. The zero-order valence-electron chi connectivity index (χ0n) is 8.03. The zero-order chi connectivity index (χ0) is 9.97. The second-order valence-corrected chi connectivity index (χ2v) is 4.39. The predicted molar refractivity (Wildman–Crippen MR) is 59.4 cm³/mol. The first-order valence-electron chi connectivity index (χ1n) is 4.75. The summed E-state index contributed by atoms with van der Waals surface area (Å²) in [5.74, 6) is 0.913. The van der Waals surface area contributed by atoms with Crippen LogP contribution in [0.3, 0.4) is 0 Å². The number of nitrogens with one attached hydrogen (secondary N) is 1. The molecule has 1 N–H and O–H groups in total. The number of rotatable bonds is 2. The number of hydrogen-bond donors (Lipinski definition) is 1. The van der Waals surface area contributed by atoms with E-state index in [1.54, 1.807) is 6.20 Å². The van der Waals surface area contributed by atoms with Gasteiger partial charge in [0.05, 0.1) is 12.1 Å². The van der Waals surface area contributed by atoms with Gasteiger partial charge in [0, 0.05) is 17.3 Å². The number of nitrogens with zero attached hydrogens (tertiary/aromatic N) is 1. The molecule has 3 nitrogen and oxygen atoms in total. The summed E-state index contributed by atoms with van der Waals surface area (Å²) in [5.41, 5.74) is 0. The van der Waals surface area contributed by atoms with Crippen LogP contribution in [0.25, 0.3) is 0 Å². The van der Waals surface area contributed by atoms with Crippen LogP contribution in [0.15, 0.2) is 22.8 Å². The highest BCUT2D eigenvalue weighted by Gasteiger charge is 2.23. The monoisotopic (exact) mass is 256 g/mol. The Bertz CT molecular complexity index is 301. The fourth-order valence-corrected chi connectivity index (χ4v) is 1.81. The van der Waals surface area contributed by atoms with Gasteiger partial charge in [-0.15, -0.1) is 0 Å². The normalized spacial score (nSPS) is 26.4. The number of halogens is 1. The smallest absolute Gasteiger partial charge is 0.126 e. The van der Waals surface area contributed by atoms with E-state index in [-0.39, 0.29) is 6.10 Å². The van der Waals surface area contributed by atoms with Crippen LogP contribution in [0, 0.1) is 0 Å². The summed E-state index contributed by atoms with van der Waals surface area (Å²) in [6.07, 6.45) is 3.13. The Kier molecular flexibility index (Phi) is 3.03. The van der Waals surface area contributed by atoms with Crippen LogP contribution < -0.4 is 5.32 Å². The van der Waals surface area contributed by atoms with Gasteiger partial charge < -0.3 is 10.1 Å². The summed E-state index contributed by atoms with van der Waals surface area (Å²) in [7, 11) is 0. The van der Waals surface area contributed by atoms with Crippen molar-refractivity contribution in [3.8, 4) is 0 Å². The van der Waals surface area contributed by atoms with Gasteiger partial charge in [0.25, 0.3) is 0 Å². The molecule has 1 aromatic heterocycles. The molecule has 4 heteroatoms. The highest BCUT2D eigenvalue weighted by Crippen LogP contribution is 2.18. The SMILES string of the molecule is CC1OCCC1Nc1ccc(Br)cn1. The van der Waals surface area contributed by atoms with Crippen molar-refractivity contribution < 1.29 is 4.74 Å². The van der Waals surface area contributed by atoms with Gasteiger partial charge in [-0.2, -0.15) is 0 Å². The minimum Gasteiger partial charge on any atom is -0.376 e.